The highest BCUT2D eigenvalue weighted by Gasteiger charge is 2.08. The first-order valence-corrected chi connectivity index (χ1v) is 7.55. The minimum Gasteiger partial charge on any atom is -0.310 e. The second-order valence-electron chi connectivity index (χ2n) is 5.20. The predicted molar refractivity (Wildman–Crippen MR) is 81.3 cm³/mol. The van der Waals surface area contributed by atoms with Crippen LogP contribution in [0, 0.1) is 0 Å². The van der Waals surface area contributed by atoms with Crippen molar-refractivity contribution in [2.45, 2.75) is 25.9 Å². The Morgan fingerprint density at radius 3 is 2.67 bits per heavy atom. The van der Waals surface area contributed by atoms with Crippen molar-refractivity contribution in [3.63, 3.8) is 0 Å². The molecular formula is C14H27N3S. The fourth-order valence-corrected chi connectivity index (χ4v) is 2.50. The number of nitrogens with one attached hydrogen (secondary N) is 1. The molecule has 0 aliphatic carbocycles. The van der Waals surface area contributed by atoms with Crippen molar-refractivity contribution in [1.29, 1.82) is 0 Å². The van der Waals surface area contributed by atoms with Gasteiger partial charge in [-0.05, 0) is 59.0 Å². The smallest absolute Gasteiger partial charge is 0.0300 e. The predicted octanol–water partition coefficient (Wildman–Crippen LogP) is 2.11. The average Bonchev–Trinajstić information content (AvgIpc) is 2.81. The molecule has 18 heavy (non-hydrogen) atoms. The third-order valence-electron chi connectivity index (χ3n) is 3.19. The van der Waals surface area contributed by atoms with Gasteiger partial charge >= 0.3 is 0 Å². The van der Waals surface area contributed by atoms with Crippen LogP contribution in [0.3, 0.4) is 0 Å². The van der Waals surface area contributed by atoms with Crippen molar-refractivity contribution in [1.82, 2.24) is 15.1 Å². The number of rotatable bonds is 9. The summed E-state index contributed by atoms with van der Waals surface area (Å²) < 4.78 is 0. The Hall–Kier alpha value is -0.420. The molecular weight excluding hydrogens is 242 g/mol. The van der Waals surface area contributed by atoms with Crippen LogP contribution in [0.15, 0.2) is 17.5 Å². The molecule has 1 aromatic heterocycles. The molecule has 0 fully saturated rings. The van der Waals surface area contributed by atoms with E-state index in [0.717, 1.165) is 13.1 Å². The molecule has 0 aromatic carbocycles. The molecule has 0 saturated heterocycles. The van der Waals surface area contributed by atoms with Gasteiger partial charge in [-0.15, -0.1) is 11.3 Å². The lowest BCUT2D eigenvalue weighted by Crippen LogP contribution is -2.38. The quantitative estimate of drug-likeness (QED) is 0.741. The van der Waals surface area contributed by atoms with Gasteiger partial charge in [0.2, 0.25) is 0 Å². The van der Waals surface area contributed by atoms with Crippen molar-refractivity contribution in [2.24, 2.45) is 0 Å². The van der Waals surface area contributed by atoms with Gasteiger partial charge in [0.15, 0.2) is 0 Å². The molecule has 0 amide bonds. The van der Waals surface area contributed by atoms with E-state index in [1.54, 1.807) is 0 Å². The van der Waals surface area contributed by atoms with E-state index in [4.69, 9.17) is 0 Å². The summed E-state index contributed by atoms with van der Waals surface area (Å²) in [5.74, 6) is 0. The molecule has 0 saturated carbocycles. The Balaban J connectivity index is 2.09. The minimum absolute atomic E-state index is 0.590. The van der Waals surface area contributed by atoms with Crippen molar-refractivity contribution in [3.8, 4) is 0 Å². The lowest BCUT2D eigenvalue weighted by Gasteiger charge is -2.25. The van der Waals surface area contributed by atoms with Crippen LogP contribution in [-0.4, -0.2) is 56.6 Å². The highest BCUT2D eigenvalue weighted by atomic mass is 32.1. The summed E-state index contributed by atoms with van der Waals surface area (Å²) in [5.41, 5.74) is 0. The van der Waals surface area contributed by atoms with Gasteiger partial charge in [0.25, 0.3) is 0 Å². The second-order valence-corrected chi connectivity index (χ2v) is 6.23. The van der Waals surface area contributed by atoms with Crippen LogP contribution in [0.1, 0.15) is 18.2 Å². The Morgan fingerprint density at radius 1 is 1.28 bits per heavy atom. The maximum atomic E-state index is 3.53. The molecule has 1 aromatic rings. The Morgan fingerprint density at radius 2 is 2.06 bits per heavy atom. The summed E-state index contributed by atoms with van der Waals surface area (Å²) in [5, 5.41) is 5.66. The van der Waals surface area contributed by atoms with Crippen LogP contribution in [0.4, 0.5) is 0 Å². The standard InChI is InChI=1S/C14H27N3S/c1-13(17(4)9-6-8-16(2)3)11-15-12-14-7-5-10-18-14/h5,7,10,13,15H,6,8-9,11-12H2,1-4H3. The van der Waals surface area contributed by atoms with Crippen LogP contribution in [0.25, 0.3) is 0 Å². The van der Waals surface area contributed by atoms with Gasteiger partial charge in [-0.2, -0.15) is 0 Å². The summed E-state index contributed by atoms with van der Waals surface area (Å²) >= 11 is 1.82. The Kier molecular flexibility index (Phi) is 7.51. The zero-order valence-electron chi connectivity index (χ0n) is 12.1. The molecule has 1 atom stereocenters. The first-order chi connectivity index (χ1) is 8.59. The van der Waals surface area contributed by atoms with Gasteiger partial charge in [-0.25, -0.2) is 0 Å². The summed E-state index contributed by atoms with van der Waals surface area (Å²) in [6.45, 7) is 6.67. The normalized spacial score (nSPS) is 13.4. The van der Waals surface area contributed by atoms with E-state index >= 15 is 0 Å². The van der Waals surface area contributed by atoms with E-state index in [0.29, 0.717) is 6.04 Å². The fraction of sp³-hybridized carbons (Fsp3) is 0.714. The summed E-state index contributed by atoms with van der Waals surface area (Å²) in [4.78, 5) is 6.09. The van der Waals surface area contributed by atoms with E-state index in [1.807, 2.05) is 11.3 Å². The molecule has 104 valence electrons. The molecule has 0 aliphatic heterocycles. The largest absolute Gasteiger partial charge is 0.310 e. The average molecular weight is 269 g/mol. The number of hydrogen-bond donors (Lipinski definition) is 1. The third kappa shape index (κ3) is 6.50. The van der Waals surface area contributed by atoms with Gasteiger partial charge in [-0.1, -0.05) is 6.07 Å². The maximum absolute atomic E-state index is 3.53. The molecule has 0 bridgehead atoms. The topological polar surface area (TPSA) is 18.5 Å². The highest BCUT2D eigenvalue weighted by molar-refractivity contribution is 7.09. The van der Waals surface area contributed by atoms with Gasteiger partial charge in [0, 0.05) is 24.0 Å². The molecule has 3 nitrogen and oxygen atoms in total. The molecule has 1 unspecified atom stereocenters. The number of hydrogen-bond acceptors (Lipinski definition) is 4. The van der Waals surface area contributed by atoms with E-state index in [9.17, 15) is 0 Å². The summed E-state index contributed by atoms with van der Waals surface area (Å²) in [6.07, 6.45) is 1.23. The minimum atomic E-state index is 0.590. The van der Waals surface area contributed by atoms with E-state index in [-0.39, 0.29) is 0 Å². The zero-order valence-corrected chi connectivity index (χ0v) is 13.0. The molecule has 1 rings (SSSR count). The molecule has 1 heterocycles. The third-order valence-corrected chi connectivity index (χ3v) is 4.06. The zero-order chi connectivity index (χ0) is 13.4. The maximum Gasteiger partial charge on any atom is 0.0300 e. The fourth-order valence-electron chi connectivity index (χ4n) is 1.83. The van der Waals surface area contributed by atoms with E-state index in [1.165, 1.54) is 24.4 Å². The number of thiophene rings is 1. The monoisotopic (exact) mass is 269 g/mol. The molecule has 0 radical (unpaired) electrons. The van der Waals surface area contributed by atoms with Crippen LogP contribution in [0.2, 0.25) is 0 Å². The van der Waals surface area contributed by atoms with Gasteiger partial charge in [0.1, 0.15) is 0 Å². The van der Waals surface area contributed by atoms with Crippen LogP contribution in [-0.2, 0) is 6.54 Å². The lowest BCUT2D eigenvalue weighted by atomic mass is 10.2. The summed E-state index contributed by atoms with van der Waals surface area (Å²) in [6, 6.07) is 4.88. The Bertz CT molecular complexity index is 298. The number of likely N-dealkylation sites (N-methyl/N-ethyl adjacent to an activating group) is 1. The van der Waals surface area contributed by atoms with Crippen LogP contribution >= 0.6 is 11.3 Å². The van der Waals surface area contributed by atoms with Gasteiger partial charge in [-0.3, -0.25) is 0 Å². The van der Waals surface area contributed by atoms with Crippen LogP contribution in [0.5, 0.6) is 0 Å². The van der Waals surface area contributed by atoms with E-state index < -0.39 is 0 Å². The number of nitrogens with zero attached hydrogens (tertiary/aromatic N) is 2. The Labute approximate surface area is 116 Å². The van der Waals surface area contributed by atoms with Crippen molar-refractivity contribution >= 4 is 11.3 Å². The molecule has 0 aliphatic rings. The lowest BCUT2D eigenvalue weighted by molar-refractivity contribution is 0.236. The summed E-state index contributed by atoms with van der Waals surface area (Å²) in [7, 11) is 6.48. The van der Waals surface area contributed by atoms with Gasteiger partial charge < -0.3 is 15.1 Å². The van der Waals surface area contributed by atoms with Crippen LogP contribution < -0.4 is 5.32 Å². The van der Waals surface area contributed by atoms with Crippen molar-refractivity contribution < 1.29 is 0 Å². The van der Waals surface area contributed by atoms with Crippen molar-refractivity contribution in [3.05, 3.63) is 22.4 Å². The second kappa shape index (κ2) is 8.64. The first-order valence-electron chi connectivity index (χ1n) is 6.67. The van der Waals surface area contributed by atoms with E-state index in [2.05, 4.69) is 60.7 Å². The molecule has 0 spiro atoms. The highest BCUT2D eigenvalue weighted by Crippen LogP contribution is 2.07. The first kappa shape index (κ1) is 15.6. The van der Waals surface area contributed by atoms with Crippen molar-refractivity contribution in [2.75, 3.05) is 40.8 Å². The van der Waals surface area contributed by atoms with Gasteiger partial charge in [0.05, 0.1) is 0 Å². The molecule has 1 N–H and O–H groups in total. The molecule has 4 heteroatoms. The SMILES string of the molecule is CC(CNCc1cccs1)N(C)CCCN(C)C.